The minimum absolute atomic E-state index is 0.112. The molecule has 1 rings (SSSR count). The van der Waals surface area contributed by atoms with Gasteiger partial charge in [-0.15, -0.1) is 0 Å². The Kier molecular flexibility index (Phi) is 5.22. The molecule has 0 heterocycles. The van der Waals surface area contributed by atoms with Crippen LogP contribution in [0.2, 0.25) is 0 Å². The predicted octanol–water partition coefficient (Wildman–Crippen LogP) is 2.31. The fourth-order valence-corrected chi connectivity index (χ4v) is 1.97. The molecule has 7 heteroatoms. The maximum atomic E-state index is 13.3. The summed E-state index contributed by atoms with van der Waals surface area (Å²) in [4.78, 5) is 13.0. The summed E-state index contributed by atoms with van der Waals surface area (Å²) >= 11 is 0. The number of nitrogens with zero attached hydrogens (tertiary/aromatic N) is 1. The van der Waals surface area contributed by atoms with Gasteiger partial charge in [0.05, 0.1) is 7.11 Å². The minimum Gasteiger partial charge on any atom is -0.497 e. The maximum absolute atomic E-state index is 13.3. The van der Waals surface area contributed by atoms with Crippen molar-refractivity contribution in [3.05, 3.63) is 29.8 Å². The van der Waals surface area contributed by atoms with Gasteiger partial charge in [0.25, 0.3) is 11.5 Å². The van der Waals surface area contributed by atoms with Crippen LogP contribution in [0.15, 0.2) is 24.3 Å². The molecule has 0 aliphatic carbocycles. The van der Waals surface area contributed by atoms with Gasteiger partial charge in [-0.2, -0.15) is 13.2 Å². The highest BCUT2D eigenvalue weighted by atomic mass is 19.4. The Morgan fingerprint density at radius 3 is 2.48 bits per heavy atom. The van der Waals surface area contributed by atoms with Gasteiger partial charge in [-0.3, -0.25) is 4.79 Å². The number of hydrogen-bond acceptors (Lipinski definition) is 3. The number of alkyl halides is 3. The van der Waals surface area contributed by atoms with Crippen LogP contribution in [0.1, 0.15) is 18.9 Å². The van der Waals surface area contributed by atoms with E-state index in [1.54, 1.807) is 6.92 Å². The third-order valence-electron chi connectivity index (χ3n) is 3.11. The lowest BCUT2D eigenvalue weighted by Crippen LogP contribution is -2.54. The summed E-state index contributed by atoms with van der Waals surface area (Å²) in [6.07, 6.45) is -4.66. The number of carbonyl (C=O) groups is 1. The molecule has 0 fully saturated rings. The molecule has 21 heavy (non-hydrogen) atoms. The predicted molar refractivity (Wildman–Crippen MR) is 70.9 cm³/mol. The monoisotopic (exact) mass is 305 g/mol. The van der Waals surface area contributed by atoms with Crippen LogP contribution >= 0.6 is 0 Å². The van der Waals surface area contributed by atoms with Crippen LogP contribution in [0.5, 0.6) is 5.75 Å². The van der Waals surface area contributed by atoms with Gasteiger partial charge in [0.1, 0.15) is 5.75 Å². The smallest absolute Gasteiger partial charge is 0.430 e. The number of rotatable bonds is 5. The number of likely N-dealkylation sites (N-methyl/N-ethyl adjacent to an activating group) is 1. The Labute approximate surface area is 121 Å². The van der Waals surface area contributed by atoms with Crippen molar-refractivity contribution >= 4 is 5.91 Å². The average Bonchev–Trinajstić information content (AvgIpc) is 2.44. The molecular weight excluding hydrogens is 287 g/mol. The van der Waals surface area contributed by atoms with Crippen LogP contribution < -0.4 is 4.74 Å². The number of aliphatic hydroxyl groups is 1. The first-order valence-electron chi connectivity index (χ1n) is 6.37. The second-order valence-corrected chi connectivity index (χ2v) is 4.67. The van der Waals surface area contributed by atoms with E-state index in [2.05, 4.69) is 0 Å². The molecule has 118 valence electrons. The number of benzene rings is 1. The van der Waals surface area contributed by atoms with Crippen molar-refractivity contribution in [2.45, 2.75) is 25.1 Å². The van der Waals surface area contributed by atoms with E-state index in [1.165, 1.54) is 26.3 Å². The molecule has 1 N–H and O–H groups in total. The first-order chi connectivity index (χ1) is 9.68. The third-order valence-corrected chi connectivity index (χ3v) is 3.11. The molecule has 4 nitrogen and oxygen atoms in total. The van der Waals surface area contributed by atoms with E-state index < -0.39 is 23.2 Å². The molecular formula is C14H18F3NO3. The van der Waals surface area contributed by atoms with Gasteiger partial charge in [-0.1, -0.05) is 19.1 Å². The highest BCUT2D eigenvalue weighted by Crippen LogP contribution is 2.41. The lowest BCUT2D eigenvalue weighted by atomic mass is 9.91. The van der Waals surface area contributed by atoms with E-state index in [0.717, 1.165) is 17.0 Å². The van der Waals surface area contributed by atoms with Crippen molar-refractivity contribution in [2.24, 2.45) is 0 Å². The van der Waals surface area contributed by atoms with Gasteiger partial charge in [0.2, 0.25) is 0 Å². The molecule has 0 aliphatic heterocycles. The second-order valence-electron chi connectivity index (χ2n) is 4.67. The maximum Gasteiger partial charge on any atom is 0.430 e. The van der Waals surface area contributed by atoms with Crippen LogP contribution in [0.25, 0.3) is 0 Å². The van der Waals surface area contributed by atoms with E-state index in [1.807, 2.05) is 0 Å². The summed E-state index contributed by atoms with van der Waals surface area (Å²) in [5.74, 6) is -1.29. The quantitative estimate of drug-likeness (QED) is 0.908. The van der Waals surface area contributed by atoms with Crippen LogP contribution in [0, 0.1) is 0 Å². The van der Waals surface area contributed by atoms with E-state index in [4.69, 9.17) is 4.74 Å². The number of methoxy groups -OCH3 is 1. The molecule has 0 saturated heterocycles. The van der Waals surface area contributed by atoms with Crippen LogP contribution in [0.4, 0.5) is 13.2 Å². The minimum atomic E-state index is -5.14. The lowest BCUT2D eigenvalue weighted by Gasteiger charge is -2.33. The zero-order valence-corrected chi connectivity index (χ0v) is 12.1. The Morgan fingerprint density at radius 1 is 1.38 bits per heavy atom. The Hall–Kier alpha value is -1.76. The van der Waals surface area contributed by atoms with E-state index in [9.17, 15) is 23.1 Å². The van der Waals surface area contributed by atoms with Crippen LogP contribution in [-0.2, 0) is 10.4 Å². The zero-order valence-electron chi connectivity index (χ0n) is 12.1. The van der Waals surface area contributed by atoms with Gasteiger partial charge < -0.3 is 14.7 Å². The highest BCUT2D eigenvalue weighted by molar-refractivity contribution is 5.87. The van der Waals surface area contributed by atoms with Crippen molar-refractivity contribution in [3.8, 4) is 5.75 Å². The molecule has 0 radical (unpaired) electrons. The number of ether oxygens (including phenoxy) is 1. The van der Waals surface area contributed by atoms with Gasteiger partial charge in [0.15, 0.2) is 0 Å². The van der Waals surface area contributed by atoms with Crippen LogP contribution in [0.3, 0.4) is 0 Å². The summed E-state index contributed by atoms with van der Waals surface area (Å²) in [7, 11) is 2.51. The van der Waals surface area contributed by atoms with Crippen molar-refractivity contribution in [3.63, 3.8) is 0 Å². The second kappa shape index (κ2) is 6.34. The van der Waals surface area contributed by atoms with Gasteiger partial charge in [-0.25, -0.2) is 0 Å². The largest absolute Gasteiger partial charge is 0.497 e. The average molecular weight is 305 g/mol. The molecule has 1 amide bonds. The van der Waals surface area contributed by atoms with E-state index in [0.29, 0.717) is 6.42 Å². The standard InChI is InChI=1S/C14H18F3NO3/c1-4-8-18(2)12(19)13(20,14(15,16)17)10-6-5-7-11(9-10)21-3/h5-7,9,20H,4,8H2,1-3H3/t13-/m1/s1. The molecule has 0 bridgehead atoms. The molecule has 1 atom stereocenters. The molecule has 0 aromatic heterocycles. The van der Waals surface area contributed by atoms with E-state index >= 15 is 0 Å². The van der Waals surface area contributed by atoms with Crippen molar-refractivity contribution in [1.82, 2.24) is 4.90 Å². The topological polar surface area (TPSA) is 49.8 Å². The first-order valence-corrected chi connectivity index (χ1v) is 6.37. The van der Waals surface area contributed by atoms with Gasteiger partial charge in [-0.05, 0) is 18.6 Å². The summed E-state index contributed by atoms with van der Waals surface area (Å²) < 4.78 is 44.9. The Bertz CT molecular complexity index is 504. The summed E-state index contributed by atoms with van der Waals surface area (Å²) in [5, 5.41) is 10.1. The summed E-state index contributed by atoms with van der Waals surface area (Å²) in [6, 6.07) is 4.78. The van der Waals surface area contributed by atoms with Crippen LogP contribution in [-0.4, -0.2) is 42.8 Å². The number of halogens is 3. The van der Waals surface area contributed by atoms with Gasteiger partial charge in [0, 0.05) is 19.2 Å². The molecule has 0 spiro atoms. The number of amides is 1. The fraction of sp³-hybridized carbons (Fsp3) is 0.500. The Balaban J connectivity index is 3.36. The lowest BCUT2D eigenvalue weighted by molar-refractivity contribution is -0.261. The van der Waals surface area contributed by atoms with Crippen molar-refractivity contribution in [1.29, 1.82) is 0 Å². The molecule has 1 aromatic carbocycles. The van der Waals surface area contributed by atoms with E-state index in [-0.39, 0.29) is 12.3 Å². The summed E-state index contributed by atoms with van der Waals surface area (Å²) in [6.45, 7) is 1.84. The fourth-order valence-electron chi connectivity index (χ4n) is 1.97. The van der Waals surface area contributed by atoms with Crippen molar-refractivity contribution in [2.75, 3.05) is 20.7 Å². The molecule has 1 aromatic rings. The third kappa shape index (κ3) is 3.29. The normalized spacial score (nSPS) is 14.4. The molecule has 0 aliphatic rings. The number of carbonyl (C=O) groups excluding carboxylic acids is 1. The molecule has 0 saturated carbocycles. The highest BCUT2D eigenvalue weighted by Gasteiger charge is 2.61. The SMILES string of the molecule is CCCN(C)C(=O)[C@](O)(c1cccc(OC)c1)C(F)(F)F. The van der Waals surface area contributed by atoms with Gasteiger partial charge >= 0.3 is 6.18 Å². The number of hydrogen-bond donors (Lipinski definition) is 1. The summed E-state index contributed by atoms with van der Waals surface area (Å²) in [5.41, 5.74) is -4.16. The first kappa shape index (κ1) is 17.3. The Morgan fingerprint density at radius 2 is 2.00 bits per heavy atom. The molecule has 0 unspecified atom stereocenters. The van der Waals surface area contributed by atoms with Crippen molar-refractivity contribution < 1.29 is 27.8 Å². The zero-order chi connectivity index (χ0) is 16.3.